The van der Waals surface area contributed by atoms with Crippen LogP contribution in [0.3, 0.4) is 0 Å². The third-order valence-electron chi connectivity index (χ3n) is 1.27. The lowest BCUT2D eigenvalue weighted by atomic mass is 10.1. The molecule has 0 spiro atoms. The highest BCUT2D eigenvalue weighted by molar-refractivity contribution is 5.79. The highest BCUT2D eigenvalue weighted by Crippen LogP contribution is 1.97. The summed E-state index contributed by atoms with van der Waals surface area (Å²) in [6.07, 6.45) is -0.194. The Balaban J connectivity index is 3.72. The van der Waals surface area contributed by atoms with E-state index in [4.69, 9.17) is 10.5 Å². The molecule has 0 unspecified atom stereocenters. The number of carbonyl (C=O) groups excluding carboxylic acids is 2. The van der Waals surface area contributed by atoms with Gasteiger partial charge in [0, 0.05) is 0 Å². The van der Waals surface area contributed by atoms with Crippen molar-refractivity contribution in [1.82, 2.24) is 5.48 Å². The normalized spacial score (nSPS) is 11.3. The molecule has 6 heteroatoms. The summed E-state index contributed by atoms with van der Waals surface area (Å²) >= 11 is 0. The maximum Gasteiger partial charge on any atom is 0.344 e. The first kappa shape index (κ1) is 13.9. The van der Waals surface area contributed by atoms with E-state index in [0.29, 0.717) is 0 Å². The second kappa shape index (κ2) is 5.67. The van der Waals surface area contributed by atoms with Gasteiger partial charge in [0.1, 0.15) is 12.1 Å². The fourth-order valence-corrected chi connectivity index (χ4v) is 0.597. The van der Waals surface area contributed by atoms with Crippen LogP contribution in [0.1, 0.15) is 27.7 Å². The third-order valence-corrected chi connectivity index (χ3v) is 1.27. The van der Waals surface area contributed by atoms with Crippen molar-refractivity contribution in [2.75, 3.05) is 6.54 Å². The van der Waals surface area contributed by atoms with E-state index in [2.05, 4.69) is 10.3 Å². The lowest BCUT2D eigenvalue weighted by Gasteiger charge is -2.16. The zero-order chi connectivity index (χ0) is 12.1. The molecule has 0 radical (unpaired) electrons. The fourth-order valence-electron chi connectivity index (χ4n) is 0.597. The van der Waals surface area contributed by atoms with Crippen molar-refractivity contribution >= 4 is 11.9 Å². The smallest absolute Gasteiger partial charge is 0.344 e. The van der Waals surface area contributed by atoms with E-state index < -0.39 is 17.5 Å². The molecule has 0 aromatic carbocycles. The van der Waals surface area contributed by atoms with Gasteiger partial charge in [-0.15, -0.1) is 5.48 Å². The van der Waals surface area contributed by atoms with Gasteiger partial charge in [-0.3, -0.25) is 4.79 Å². The van der Waals surface area contributed by atoms with E-state index in [1.54, 1.807) is 13.8 Å². The number of hydrogen-bond acceptors (Lipinski definition) is 6. The minimum Gasteiger partial charge on any atom is -0.462 e. The first-order valence-corrected chi connectivity index (χ1v) is 4.66. The van der Waals surface area contributed by atoms with Gasteiger partial charge in [0.25, 0.3) is 0 Å². The zero-order valence-electron chi connectivity index (χ0n) is 9.49. The first-order valence-electron chi connectivity index (χ1n) is 4.66. The molecule has 0 aliphatic heterocycles. The molecule has 3 N–H and O–H groups in total. The van der Waals surface area contributed by atoms with E-state index in [-0.39, 0.29) is 12.6 Å². The monoisotopic (exact) mass is 218 g/mol. The number of ether oxygens (including phenoxy) is 1. The number of rotatable bonds is 5. The molecule has 0 bridgehead atoms. The maximum atomic E-state index is 11.1. The molecule has 0 aliphatic rings. The predicted octanol–water partition coefficient (Wildman–Crippen LogP) is -0.277. The van der Waals surface area contributed by atoms with E-state index >= 15 is 0 Å². The lowest BCUT2D eigenvalue weighted by Crippen LogP contribution is -2.45. The molecule has 0 fully saturated rings. The van der Waals surface area contributed by atoms with Crippen LogP contribution >= 0.6 is 0 Å². The van der Waals surface area contributed by atoms with Crippen LogP contribution in [0.4, 0.5) is 0 Å². The van der Waals surface area contributed by atoms with Gasteiger partial charge in [0.05, 0.1) is 6.10 Å². The molecule has 0 saturated carbocycles. The number of esters is 1. The summed E-state index contributed by atoms with van der Waals surface area (Å²) in [4.78, 5) is 26.6. The lowest BCUT2D eigenvalue weighted by molar-refractivity contribution is -0.160. The summed E-state index contributed by atoms with van der Waals surface area (Å²) in [6.45, 7) is 6.27. The molecule has 0 amide bonds. The Labute approximate surface area is 89.1 Å². The molecule has 0 rings (SSSR count). The predicted molar refractivity (Wildman–Crippen MR) is 53.6 cm³/mol. The average molecular weight is 218 g/mol. The molecule has 0 atom stereocenters. The van der Waals surface area contributed by atoms with Gasteiger partial charge in [-0.05, 0) is 27.7 Å². The van der Waals surface area contributed by atoms with Crippen LogP contribution in [-0.2, 0) is 19.2 Å². The van der Waals surface area contributed by atoms with E-state index in [0.717, 1.165) is 0 Å². The minimum atomic E-state index is -1.09. The Morgan fingerprint density at radius 3 is 2.33 bits per heavy atom. The molecule has 0 heterocycles. The number of nitrogens with one attached hydrogen (secondary N) is 1. The van der Waals surface area contributed by atoms with Gasteiger partial charge in [0.15, 0.2) is 0 Å². The van der Waals surface area contributed by atoms with Crippen molar-refractivity contribution < 1.29 is 19.2 Å². The van der Waals surface area contributed by atoms with Crippen LogP contribution < -0.4 is 11.2 Å². The van der Waals surface area contributed by atoms with Gasteiger partial charge in [-0.2, -0.15) is 0 Å². The highest BCUT2D eigenvalue weighted by Gasteiger charge is 2.24. The summed E-state index contributed by atoms with van der Waals surface area (Å²) in [5.74, 6) is -1.13. The van der Waals surface area contributed by atoms with E-state index in [1.165, 1.54) is 13.8 Å². The molecule has 0 saturated heterocycles. The number of carbonyl (C=O) groups is 2. The number of hydrogen-bond donors (Lipinski definition) is 2. The Morgan fingerprint density at radius 1 is 1.40 bits per heavy atom. The number of nitrogens with two attached hydrogens (primary N) is 1. The SMILES string of the molecule is CC(C)OC(=O)CNOC(=O)C(C)(C)N. The van der Waals surface area contributed by atoms with Crippen molar-refractivity contribution in [3.05, 3.63) is 0 Å². The zero-order valence-corrected chi connectivity index (χ0v) is 9.49. The molecular weight excluding hydrogens is 200 g/mol. The Morgan fingerprint density at radius 2 is 1.93 bits per heavy atom. The molecule has 88 valence electrons. The van der Waals surface area contributed by atoms with Gasteiger partial charge in [-0.25, -0.2) is 4.79 Å². The van der Waals surface area contributed by atoms with Crippen molar-refractivity contribution in [1.29, 1.82) is 0 Å². The van der Waals surface area contributed by atoms with Crippen molar-refractivity contribution in [2.45, 2.75) is 39.3 Å². The average Bonchev–Trinajstić information content (AvgIpc) is 2.00. The third kappa shape index (κ3) is 6.87. The second-order valence-corrected chi connectivity index (χ2v) is 3.97. The summed E-state index contributed by atoms with van der Waals surface area (Å²) in [6, 6.07) is 0. The van der Waals surface area contributed by atoms with Crippen LogP contribution in [-0.4, -0.2) is 30.1 Å². The van der Waals surface area contributed by atoms with Gasteiger partial charge < -0.3 is 15.3 Å². The number of hydroxylamine groups is 1. The molecule has 15 heavy (non-hydrogen) atoms. The van der Waals surface area contributed by atoms with E-state index in [9.17, 15) is 9.59 Å². The Bertz CT molecular complexity index is 233. The standard InChI is InChI=1S/C9H18N2O4/c1-6(2)14-7(12)5-11-15-8(13)9(3,4)10/h6,11H,5,10H2,1-4H3. The molecule has 0 aromatic rings. The molecular formula is C9H18N2O4. The van der Waals surface area contributed by atoms with Gasteiger partial charge in [0.2, 0.25) is 0 Å². The molecule has 0 aromatic heterocycles. The minimum absolute atomic E-state index is 0.194. The quantitative estimate of drug-likeness (QED) is 0.487. The summed E-state index contributed by atoms with van der Waals surface area (Å²) in [5, 5.41) is 0. The fraction of sp³-hybridized carbons (Fsp3) is 0.778. The molecule has 0 aliphatic carbocycles. The van der Waals surface area contributed by atoms with Crippen molar-refractivity contribution in [2.24, 2.45) is 5.73 Å². The van der Waals surface area contributed by atoms with Crippen LogP contribution in [0.25, 0.3) is 0 Å². The summed E-state index contributed by atoms with van der Waals surface area (Å²) in [5.41, 5.74) is 6.55. The van der Waals surface area contributed by atoms with Crippen LogP contribution in [0, 0.1) is 0 Å². The second-order valence-electron chi connectivity index (χ2n) is 3.97. The summed E-state index contributed by atoms with van der Waals surface area (Å²) in [7, 11) is 0. The Hall–Kier alpha value is -1.14. The van der Waals surface area contributed by atoms with Crippen molar-refractivity contribution in [3.63, 3.8) is 0 Å². The van der Waals surface area contributed by atoms with Crippen LogP contribution in [0.2, 0.25) is 0 Å². The highest BCUT2D eigenvalue weighted by atomic mass is 16.7. The summed E-state index contributed by atoms with van der Waals surface area (Å²) < 4.78 is 4.79. The topological polar surface area (TPSA) is 90.6 Å². The largest absolute Gasteiger partial charge is 0.462 e. The van der Waals surface area contributed by atoms with Gasteiger partial charge in [-0.1, -0.05) is 0 Å². The molecule has 6 nitrogen and oxygen atoms in total. The van der Waals surface area contributed by atoms with Crippen LogP contribution in [0.15, 0.2) is 0 Å². The van der Waals surface area contributed by atoms with Crippen LogP contribution in [0.5, 0.6) is 0 Å². The van der Waals surface area contributed by atoms with Gasteiger partial charge >= 0.3 is 11.9 Å². The van der Waals surface area contributed by atoms with E-state index in [1.807, 2.05) is 0 Å². The maximum absolute atomic E-state index is 11.1. The van der Waals surface area contributed by atoms with Crippen molar-refractivity contribution in [3.8, 4) is 0 Å². The first-order chi connectivity index (χ1) is 6.73. The Kier molecular flexibility index (Phi) is 5.24.